The molecular weight excluding hydrogens is 428 g/mol. The zero-order valence-electron chi connectivity index (χ0n) is 19.5. The fraction of sp³-hybridized carbons (Fsp3) is 0.286. The van der Waals surface area contributed by atoms with Crippen LogP contribution in [0.5, 0.6) is 5.75 Å². The van der Waals surface area contributed by atoms with E-state index in [1.165, 1.54) is 5.56 Å². The van der Waals surface area contributed by atoms with Gasteiger partial charge in [0.1, 0.15) is 12.4 Å². The Kier molecular flexibility index (Phi) is 8.30. The van der Waals surface area contributed by atoms with E-state index in [9.17, 15) is 4.79 Å². The van der Waals surface area contributed by atoms with Crippen molar-refractivity contribution < 1.29 is 19.1 Å². The summed E-state index contributed by atoms with van der Waals surface area (Å²) in [6.07, 6.45) is 0.643. The molecule has 0 unspecified atom stereocenters. The Hall–Kier alpha value is -3.64. The molecule has 1 saturated heterocycles. The van der Waals surface area contributed by atoms with Gasteiger partial charge in [-0.15, -0.1) is 0 Å². The van der Waals surface area contributed by atoms with Crippen LogP contribution in [0, 0.1) is 6.92 Å². The molecule has 0 atom stereocenters. The van der Waals surface area contributed by atoms with E-state index in [2.05, 4.69) is 36.3 Å². The fourth-order valence-corrected chi connectivity index (χ4v) is 3.64. The van der Waals surface area contributed by atoms with Gasteiger partial charge in [-0.25, -0.2) is 0 Å². The Morgan fingerprint density at radius 1 is 0.912 bits per heavy atom. The van der Waals surface area contributed by atoms with Gasteiger partial charge < -0.3 is 19.2 Å². The third kappa shape index (κ3) is 6.93. The van der Waals surface area contributed by atoms with E-state index in [1.807, 2.05) is 54.6 Å². The second-order valence-corrected chi connectivity index (χ2v) is 8.27. The highest BCUT2D eigenvalue weighted by Gasteiger charge is 2.17. The first-order chi connectivity index (χ1) is 16.7. The van der Waals surface area contributed by atoms with Crippen LogP contribution >= 0.6 is 0 Å². The van der Waals surface area contributed by atoms with Crippen LogP contribution in [0.25, 0.3) is 0 Å². The van der Waals surface area contributed by atoms with Crippen LogP contribution in [0.2, 0.25) is 0 Å². The Morgan fingerprint density at radius 3 is 2.32 bits per heavy atom. The number of nitrogens with zero attached hydrogens (tertiary/aromatic N) is 2. The molecule has 3 aromatic rings. The van der Waals surface area contributed by atoms with Crippen molar-refractivity contribution in [2.45, 2.75) is 20.0 Å². The predicted molar refractivity (Wildman–Crippen MR) is 132 cm³/mol. The van der Waals surface area contributed by atoms with Crippen molar-refractivity contribution in [2.75, 3.05) is 32.9 Å². The van der Waals surface area contributed by atoms with Gasteiger partial charge in [-0.1, -0.05) is 65.3 Å². The van der Waals surface area contributed by atoms with Crippen LogP contribution in [0.15, 0.2) is 84.0 Å². The number of hydrogen-bond donors (Lipinski definition) is 0. The molecule has 0 saturated carbocycles. The van der Waals surface area contributed by atoms with Crippen molar-refractivity contribution in [3.8, 4) is 5.75 Å². The van der Waals surface area contributed by atoms with Crippen LogP contribution in [-0.2, 0) is 27.4 Å². The highest BCUT2D eigenvalue weighted by atomic mass is 16.6. The summed E-state index contributed by atoms with van der Waals surface area (Å²) in [5.74, 6) is 0.619. The van der Waals surface area contributed by atoms with Crippen molar-refractivity contribution in [2.24, 2.45) is 5.16 Å². The Labute approximate surface area is 200 Å². The van der Waals surface area contributed by atoms with Crippen LogP contribution < -0.4 is 4.74 Å². The van der Waals surface area contributed by atoms with Crippen LogP contribution in [0.1, 0.15) is 22.3 Å². The first-order valence-corrected chi connectivity index (χ1v) is 11.5. The van der Waals surface area contributed by atoms with Crippen LogP contribution in [0.3, 0.4) is 0 Å². The van der Waals surface area contributed by atoms with E-state index in [4.69, 9.17) is 14.3 Å². The topological polar surface area (TPSA) is 60.4 Å². The van der Waals surface area contributed by atoms with Crippen molar-refractivity contribution in [1.29, 1.82) is 0 Å². The van der Waals surface area contributed by atoms with Gasteiger partial charge in [-0.2, -0.15) is 0 Å². The molecule has 1 aliphatic rings. The molecule has 6 heteroatoms. The molecule has 0 aliphatic carbocycles. The van der Waals surface area contributed by atoms with Gasteiger partial charge in [0.2, 0.25) is 0 Å². The van der Waals surface area contributed by atoms with Gasteiger partial charge in [-0.3, -0.25) is 4.79 Å². The number of ether oxygens (including phenoxy) is 2. The predicted octanol–water partition coefficient (Wildman–Crippen LogP) is 4.40. The lowest BCUT2D eigenvalue weighted by molar-refractivity contribution is -0.137. The number of aryl methyl sites for hydroxylation is 1. The highest BCUT2D eigenvalue weighted by molar-refractivity contribution is 6.01. The summed E-state index contributed by atoms with van der Waals surface area (Å²) in [5, 5.41) is 4.48. The number of carbonyl (C=O) groups excluding carboxylic acids is 1. The minimum Gasteiger partial charge on any atom is -0.484 e. The van der Waals surface area contributed by atoms with E-state index in [-0.39, 0.29) is 12.5 Å². The number of morpholine rings is 1. The number of oxime groups is 1. The minimum atomic E-state index is -0.0248. The average Bonchev–Trinajstić information content (AvgIpc) is 2.89. The first kappa shape index (κ1) is 23.5. The summed E-state index contributed by atoms with van der Waals surface area (Å²) in [5.41, 5.74) is 5.21. The summed E-state index contributed by atoms with van der Waals surface area (Å²) in [6.45, 7) is 4.87. The molecule has 0 spiro atoms. The summed E-state index contributed by atoms with van der Waals surface area (Å²) in [7, 11) is 0. The quantitative estimate of drug-likeness (QED) is 0.352. The zero-order chi connectivity index (χ0) is 23.6. The lowest BCUT2D eigenvalue weighted by Gasteiger charge is -2.26. The standard InChI is InChI=1S/C28H30N2O4/c1-22-7-9-24(10-8-22)20-34-29-27(19-23-5-3-2-4-6-23)25-11-13-26(14-12-25)33-21-28(31)30-15-17-32-18-16-30/h2-14H,15-21H2,1H3/b29-27+. The van der Waals surface area contributed by atoms with Gasteiger partial charge in [0.25, 0.3) is 5.91 Å². The first-order valence-electron chi connectivity index (χ1n) is 11.5. The lowest BCUT2D eigenvalue weighted by atomic mass is 10.0. The number of carbonyl (C=O) groups is 1. The molecule has 176 valence electrons. The lowest BCUT2D eigenvalue weighted by Crippen LogP contribution is -2.42. The minimum absolute atomic E-state index is 0.0178. The normalized spacial score (nSPS) is 14.0. The maximum absolute atomic E-state index is 12.3. The van der Waals surface area contributed by atoms with E-state index in [0.29, 0.717) is 45.1 Å². The number of amides is 1. The largest absolute Gasteiger partial charge is 0.484 e. The Balaban J connectivity index is 1.41. The van der Waals surface area contributed by atoms with E-state index < -0.39 is 0 Å². The third-order valence-electron chi connectivity index (χ3n) is 5.65. The molecule has 34 heavy (non-hydrogen) atoms. The van der Waals surface area contributed by atoms with Gasteiger partial charge in [0.05, 0.1) is 18.9 Å². The summed E-state index contributed by atoms with van der Waals surface area (Å²) in [4.78, 5) is 19.8. The monoisotopic (exact) mass is 458 g/mol. The molecular formula is C28H30N2O4. The molecule has 1 heterocycles. The average molecular weight is 459 g/mol. The van der Waals surface area contributed by atoms with E-state index in [1.54, 1.807) is 4.90 Å². The Bertz CT molecular complexity index is 1070. The molecule has 1 fully saturated rings. The molecule has 0 N–H and O–H groups in total. The molecule has 1 aliphatic heterocycles. The third-order valence-corrected chi connectivity index (χ3v) is 5.65. The maximum Gasteiger partial charge on any atom is 0.260 e. The smallest absolute Gasteiger partial charge is 0.260 e. The van der Waals surface area contributed by atoms with Gasteiger partial charge in [0.15, 0.2) is 6.61 Å². The van der Waals surface area contributed by atoms with E-state index >= 15 is 0 Å². The molecule has 3 aromatic carbocycles. The number of hydrogen-bond acceptors (Lipinski definition) is 5. The maximum atomic E-state index is 12.3. The Morgan fingerprint density at radius 2 is 1.62 bits per heavy atom. The molecule has 0 aromatic heterocycles. The van der Waals surface area contributed by atoms with Crippen molar-refractivity contribution in [3.05, 3.63) is 101 Å². The van der Waals surface area contributed by atoms with Crippen molar-refractivity contribution >= 4 is 11.6 Å². The fourth-order valence-electron chi connectivity index (χ4n) is 3.64. The van der Waals surface area contributed by atoms with Crippen LogP contribution in [-0.4, -0.2) is 49.4 Å². The molecule has 0 bridgehead atoms. The van der Waals surface area contributed by atoms with Crippen molar-refractivity contribution in [3.63, 3.8) is 0 Å². The SMILES string of the molecule is Cc1ccc(CO/N=C(\Cc2ccccc2)c2ccc(OCC(=O)N3CCOCC3)cc2)cc1. The summed E-state index contributed by atoms with van der Waals surface area (Å²) in [6, 6.07) is 26.0. The van der Waals surface area contributed by atoms with Gasteiger partial charge in [0, 0.05) is 19.5 Å². The second kappa shape index (κ2) is 12.0. The molecule has 4 rings (SSSR count). The number of rotatable bonds is 9. The van der Waals surface area contributed by atoms with Crippen LogP contribution in [0.4, 0.5) is 0 Å². The van der Waals surface area contributed by atoms with E-state index in [0.717, 1.165) is 22.4 Å². The van der Waals surface area contributed by atoms with Gasteiger partial charge in [-0.05, 0) is 47.9 Å². The summed E-state index contributed by atoms with van der Waals surface area (Å²) >= 11 is 0. The second-order valence-electron chi connectivity index (χ2n) is 8.27. The molecule has 6 nitrogen and oxygen atoms in total. The number of benzene rings is 3. The summed E-state index contributed by atoms with van der Waals surface area (Å²) < 4.78 is 11.0. The van der Waals surface area contributed by atoms with Gasteiger partial charge >= 0.3 is 0 Å². The molecule has 1 amide bonds. The highest BCUT2D eigenvalue weighted by Crippen LogP contribution is 2.16. The van der Waals surface area contributed by atoms with Crippen molar-refractivity contribution in [1.82, 2.24) is 4.90 Å². The molecule has 0 radical (unpaired) electrons. The zero-order valence-corrected chi connectivity index (χ0v) is 19.5.